The number of nitrogens with zero attached hydrogens (tertiary/aromatic N) is 1. The van der Waals surface area contributed by atoms with Gasteiger partial charge in [-0.2, -0.15) is 0 Å². The second-order valence-electron chi connectivity index (χ2n) is 9.45. The molecule has 0 unspecified atom stereocenters. The first-order valence-corrected chi connectivity index (χ1v) is 9.42. The van der Waals surface area contributed by atoms with Gasteiger partial charge in [0.25, 0.3) is 0 Å². The van der Waals surface area contributed by atoms with E-state index in [9.17, 15) is 9.18 Å². The van der Waals surface area contributed by atoms with Crippen LogP contribution in [0.5, 0.6) is 0 Å². The molecule has 2 aliphatic heterocycles. The van der Waals surface area contributed by atoms with Crippen molar-refractivity contribution in [2.24, 2.45) is 0 Å². The van der Waals surface area contributed by atoms with E-state index < -0.39 is 23.9 Å². The zero-order valence-corrected chi connectivity index (χ0v) is 17.3. The Morgan fingerprint density at radius 1 is 1.19 bits per heavy atom. The predicted molar refractivity (Wildman–Crippen MR) is 103 cm³/mol. The molecule has 0 atom stereocenters. The lowest BCUT2D eigenvalue weighted by Crippen LogP contribution is -2.50. The predicted octanol–water partition coefficient (Wildman–Crippen LogP) is 3.46. The molecule has 3 rings (SSSR count). The molecule has 0 N–H and O–H groups in total. The van der Waals surface area contributed by atoms with Crippen LogP contribution in [-0.4, -0.2) is 48.0 Å². The number of amides is 1. The molecule has 2 aliphatic rings. The average Bonchev–Trinajstić information content (AvgIpc) is 2.65. The quantitative estimate of drug-likeness (QED) is 0.741. The van der Waals surface area contributed by atoms with Crippen LogP contribution in [0.3, 0.4) is 0 Å². The summed E-state index contributed by atoms with van der Waals surface area (Å²) in [6.45, 7) is 14.4. The average molecular weight is 377 g/mol. The van der Waals surface area contributed by atoms with Gasteiger partial charge in [0, 0.05) is 24.5 Å². The van der Waals surface area contributed by atoms with Crippen molar-refractivity contribution in [1.82, 2.24) is 4.90 Å². The number of carbonyl (C=O) groups excluding carboxylic acids is 1. The fourth-order valence-electron chi connectivity index (χ4n) is 3.13. The topological polar surface area (TPSA) is 48.0 Å². The van der Waals surface area contributed by atoms with Crippen LogP contribution in [0, 0.1) is 5.82 Å². The summed E-state index contributed by atoms with van der Waals surface area (Å²) in [4.78, 5) is 13.8. The Balaban J connectivity index is 1.70. The fraction of sp³-hybridized carbons (Fsp3) is 0.650. The molecule has 0 saturated carbocycles. The number of rotatable bonds is 2. The molecule has 2 fully saturated rings. The summed E-state index contributed by atoms with van der Waals surface area (Å²) in [5.41, 5.74) is -0.182. The van der Waals surface area contributed by atoms with E-state index in [0.717, 1.165) is 5.56 Å². The Kier molecular flexibility index (Phi) is 4.84. The number of benzene rings is 1. The third-order valence-electron chi connectivity index (χ3n) is 5.53. The van der Waals surface area contributed by atoms with E-state index in [0.29, 0.717) is 18.6 Å². The number of hydrogen-bond donors (Lipinski definition) is 0. The van der Waals surface area contributed by atoms with Crippen LogP contribution in [0.15, 0.2) is 18.2 Å². The zero-order chi connectivity index (χ0) is 20.2. The zero-order valence-electron chi connectivity index (χ0n) is 17.3. The minimum Gasteiger partial charge on any atom is -0.444 e. The standard InChI is InChI=1S/C20H29BFNO4/c1-18(2,3)25-17(24)23-11-14(12-23)13-8-9-16(22)15(10-13)21-26-19(4,5)20(6,7)27-21/h8-10,14H,11-12H2,1-7H3. The highest BCUT2D eigenvalue weighted by Gasteiger charge is 2.52. The van der Waals surface area contributed by atoms with Gasteiger partial charge < -0.3 is 18.9 Å². The van der Waals surface area contributed by atoms with E-state index in [1.807, 2.05) is 48.5 Å². The van der Waals surface area contributed by atoms with E-state index in [4.69, 9.17) is 14.0 Å². The summed E-state index contributed by atoms with van der Waals surface area (Å²) in [7, 11) is -0.739. The monoisotopic (exact) mass is 377 g/mol. The maximum Gasteiger partial charge on any atom is 0.497 e. The molecule has 0 radical (unpaired) electrons. The Bertz CT molecular complexity index is 722. The van der Waals surface area contributed by atoms with Crippen LogP contribution in [0.1, 0.15) is 59.9 Å². The molecule has 2 heterocycles. The van der Waals surface area contributed by atoms with Gasteiger partial charge in [-0.15, -0.1) is 0 Å². The van der Waals surface area contributed by atoms with Crippen molar-refractivity contribution < 1.29 is 23.2 Å². The Morgan fingerprint density at radius 3 is 2.26 bits per heavy atom. The minimum absolute atomic E-state index is 0.152. The molecule has 0 aromatic heterocycles. The van der Waals surface area contributed by atoms with Crippen molar-refractivity contribution in [3.63, 3.8) is 0 Å². The molecule has 1 amide bonds. The first kappa shape index (κ1) is 20.1. The van der Waals surface area contributed by atoms with Crippen molar-refractivity contribution in [2.45, 2.75) is 71.2 Å². The second kappa shape index (κ2) is 6.48. The molecular formula is C20H29BFNO4. The highest BCUT2D eigenvalue weighted by molar-refractivity contribution is 6.62. The smallest absolute Gasteiger partial charge is 0.444 e. The van der Waals surface area contributed by atoms with E-state index in [1.54, 1.807) is 17.0 Å². The summed E-state index contributed by atoms with van der Waals surface area (Å²) in [5.74, 6) is -0.195. The SMILES string of the molecule is CC(C)(C)OC(=O)N1CC(c2ccc(F)c(B3OC(C)(C)C(C)(C)O3)c2)C1. The number of hydrogen-bond acceptors (Lipinski definition) is 4. The highest BCUT2D eigenvalue weighted by Crippen LogP contribution is 2.37. The van der Waals surface area contributed by atoms with E-state index >= 15 is 0 Å². The van der Waals surface area contributed by atoms with Crippen LogP contribution in [0.4, 0.5) is 9.18 Å². The second-order valence-corrected chi connectivity index (χ2v) is 9.45. The number of carbonyl (C=O) groups is 1. The lowest BCUT2D eigenvalue weighted by atomic mass is 9.76. The highest BCUT2D eigenvalue weighted by atomic mass is 19.1. The van der Waals surface area contributed by atoms with Gasteiger partial charge in [0.2, 0.25) is 0 Å². The lowest BCUT2D eigenvalue weighted by Gasteiger charge is -2.40. The van der Waals surface area contributed by atoms with Gasteiger partial charge in [-0.3, -0.25) is 0 Å². The third kappa shape index (κ3) is 3.99. The molecule has 2 saturated heterocycles. The Hall–Kier alpha value is -1.60. The first-order valence-electron chi connectivity index (χ1n) is 9.42. The summed E-state index contributed by atoms with van der Waals surface area (Å²) >= 11 is 0. The van der Waals surface area contributed by atoms with Gasteiger partial charge in [-0.25, -0.2) is 9.18 Å². The van der Waals surface area contributed by atoms with Gasteiger partial charge in [0.15, 0.2) is 0 Å². The molecule has 1 aromatic carbocycles. The molecular weight excluding hydrogens is 348 g/mol. The lowest BCUT2D eigenvalue weighted by molar-refractivity contribution is 0.00578. The van der Waals surface area contributed by atoms with E-state index in [2.05, 4.69) is 0 Å². The molecule has 0 spiro atoms. The van der Waals surface area contributed by atoms with Crippen molar-refractivity contribution >= 4 is 18.7 Å². The Labute approximate surface area is 161 Å². The third-order valence-corrected chi connectivity index (χ3v) is 5.53. The number of ether oxygens (including phenoxy) is 1. The largest absolute Gasteiger partial charge is 0.497 e. The van der Waals surface area contributed by atoms with Crippen LogP contribution >= 0.6 is 0 Å². The van der Waals surface area contributed by atoms with Crippen molar-refractivity contribution in [3.8, 4) is 0 Å². The summed E-state index contributed by atoms with van der Waals surface area (Å²) in [6, 6.07) is 5.02. The summed E-state index contributed by atoms with van der Waals surface area (Å²) < 4.78 is 31.8. The normalized spacial score (nSPS) is 21.9. The van der Waals surface area contributed by atoms with Crippen molar-refractivity contribution in [1.29, 1.82) is 0 Å². The number of halogens is 1. The molecule has 5 nitrogen and oxygen atoms in total. The van der Waals surface area contributed by atoms with Crippen LogP contribution < -0.4 is 5.46 Å². The maximum atomic E-state index is 14.5. The molecule has 7 heteroatoms. The van der Waals surface area contributed by atoms with Gasteiger partial charge in [0.05, 0.1) is 11.2 Å². The summed E-state index contributed by atoms with van der Waals surface area (Å²) in [6.07, 6.45) is -0.313. The van der Waals surface area contributed by atoms with Crippen LogP contribution in [0.25, 0.3) is 0 Å². The van der Waals surface area contributed by atoms with Gasteiger partial charge in [-0.05, 0) is 60.1 Å². The van der Waals surface area contributed by atoms with Crippen molar-refractivity contribution in [3.05, 3.63) is 29.6 Å². The molecule has 1 aromatic rings. The minimum atomic E-state index is -0.739. The molecule has 148 valence electrons. The maximum absolute atomic E-state index is 14.5. The summed E-state index contributed by atoms with van der Waals surface area (Å²) in [5, 5.41) is 0. The molecule has 27 heavy (non-hydrogen) atoms. The van der Waals surface area contributed by atoms with E-state index in [-0.39, 0.29) is 17.8 Å². The fourth-order valence-corrected chi connectivity index (χ4v) is 3.13. The molecule has 0 bridgehead atoms. The van der Waals surface area contributed by atoms with Gasteiger partial charge in [-0.1, -0.05) is 12.1 Å². The van der Waals surface area contributed by atoms with Gasteiger partial charge >= 0.3 is 13.2 Å². The number of likely N-dealkylation sites (tertiary alicyclic amines) is 1. The van der Waals surface area contributed by atoms with Crippen LogP contribution in [0.2, 0.25) is 0 Å². The van der Waals surface area contributed by atoms with E-state index in [1.165, 1.54) is 6.07 Å². The van der Waals surface area contributed by atoms with Crippen LogP contribution in [-0.2, 0) is 14.0 Å². The molecule has 0 aliphatic carbocycles. The first-order chi connectivity index (χ1) is 12.3. The van der Waals surface area contributed by atoms with Crippen molar-refractivity contribution in [2.75, 3.05) is 13.1 Å². The Morgan fingerprint density at radius 2 is 1.74 bits per heavy atom. The van der Waals surface area contributed by atoms with Gasteiger partial charge in [0.1, 0.15) is 11.4 Å².